The standard InChI is InChI=1S/C13H19IO/c1-4-11(2)15-13(3,10-14)12-8-6-5-7-9-12/h5-9,11H,4,10H2,1-3H3. The SMILES string of the molecule is CCC(C)OC(C)(CI)c1ccccc1. The van der Waals surface area contributed by atoms with E-state index in [9.17, 15) is 0 Å². The highest BCUT2D eigenvalue weighted by Gasteiger charge is 2.27. The van der Waals surface area contributed by atoms with Crippen LogP contribution in [-0.4, -0.2) is 10.5 Å². The van der Waals surface area contributed by atoms with Gasteiger partial charge >= 0.3 is 0 Å². The van der Waals surface area contributed by atoms with E-state index in [0.717, 1.165) is 10.8 Å². The summed E-state index contributed by atoms with van der Waals surface area (Å²) in [7, 11) is 0. The molecule has 1 aromatic carbocycles. The van der Waals surface area contributed by atoms with Crippen molar-refractivity contribution in [3.05, 3.63) is 35.9 Å². The van der Waals surface area contributed by atoms with Gasteiger partial charge in [-0.15, -0.1) is 0 Å². The molecule has 2 unspecified atom stereocenters. The Kier molecular flexibility index (Phi) is 5.06. The number of hydrogen-bond donors (Lipinski definition) is 0. The van der Waals surface area contributed by atoms with E-state index in [0.29, 0.717) is 6.10 Å². The molecule has 2 atom stereocenters. The van der Waals surface area contributed by atoms with Gasteiger partial charge in [-0.25, -0.2) is 0 Å². The normalized spacial score (nSPS) is 17.1. The minimum absolute atomic E-state index is 0.156. The molecule has 0 radical (unpaired) electrons. The summed E-state index contributed by atoms with van der Waals surface area (Å²) >= 11 is 2.39. The molecule has 1 nitrogen and oxygen atoms in total. The maximum Gasteiger partial charge on any atom is 0.0995 e. The summed E-state index contributed by atoms with van der Waals surface area (Å²) in [6.45, 7) is 6.46. The maximum atomic E-state index is 6.11. The van der Waals surface area contributed by atoms with Crippen LogP contribution < -0.4 is 0 Å². The molecule has 0 heterocycles. The summed E-state index contributed by atoms with van der Waals surface area (Å²) in [5.74, 6) is 0. The van der Waals surface area contributed by atoms with Crippen molar-refractivity contribution in [2.24, 2.45) is 0 Å². The number of rotatable bonds is 5. The highest BCUT2D eigenvalue weighted by molar-refractivity contribution is 14.1. The van der Waals surface area contributed by atoms with E-state index in [4.69, 9.17) is 4.74 Å². The molecule has 0 amide bonds. The Labute approximate surface area is 106 Å². The number of benzene rings is 1. The van der Waals surface area contributed by atoms with E-state index < -0.39 is 0 Å². The van der Waals surface area contributed by atoms with E-state index in [1.165, 1.54) is 5.56 Å². The second kappa shape index (κ2) is 5.85. The predicted octanol–water partition coefficient (Wildman–Crippen LogP) is 4.15. The van der Waals surface area contributed by atoms with Crippen molar-refractivity contribution < 1.29 is 4.74 Å². The van der Waals surface area contributed by atoms with Crippen LogP contribution in [0.4, 0.5) is 0 Å². The Morgan fingerprint density at radius 3 is 2.40 bits per heavy atom. The molecule has 0 saturated heterocycles. The molecule has 0 aromatic heterocycles. The van der Waals surface area contributed by atoms with Crippen molar-refractivity contribution in [2.75, 3.05) is 4.43 Å². The van der Waals surface area contributed by atoms with Gasteiger partial charge in [0, 0.05) is 4.43 Å². The van der Waals surface area contributed by atoms with E-state index in [1.807, 2.05) is 6.07 Å². The Morgan fingerprint density at radius 2 is 1.93 bits per heavy atom. The van der Waals surface area contributed by atoms with Gasteiger partial charge in [0.05, 0.1) is 11.7 Å². The van der Waals surface area contributed by atoms with E-state index >= 15 is 0 Å². The second-order valence-electron chi connectivity index (χ2n) is 4.07. The molecule has 0 bridgehead atoms. The summed E-state index contributed by atoms with van der Waals surface area (Å²) < 4.78 is 7.09. The molecule has 0 N–H and O–H groups in total. The minimum atomic E-state index is -0.156. The maximum absolute atomic E-state index is 6.11. The Morgan fingerprint density at radius 1 is 1.33 bits per heavy atom. The lowest BCUT2D eigenvalue weighted by molar-refractivity contribution is -0.0638. The van der Waals surface area contributed by atoms with Crippen molar-refractivity contribution in [1.29, 1.82) is 0 Å². The van der Waals surface area contributed by atoms with Crippen molar-refractivity contribution >= 4 is 22.6 Å². The molecule has 0 aliphatic heterocycles. The predicted molar refractivity (Wildman–Crippen MR) is 73.5 cm³/mol. The molecular formula is C13H19IO. The van der Waals surface area contributed by atoms with Gasteiger partial charge in [0.2, 0.25) is 0 Å². The zero-order valence-corrected chi connectivity index (χ0v) is 11.8. The van der Waals surface area contributed by atoms with Crippen molar-refractivity contribution in [3.63, 3.8) is 0 Å². The molecule has 0 aliphatic rings. The third-order valence-electron chi connectivity index (χ3n) is 2.68. The lowest BCUT2D eigenvalue weighted by Gasteiger charge is -2.31. The fourth-order valence-electron chi connectivity index (χ4n) is 1.49. The first kappa shape index (κ1) is 13.0. The molecule has 1 aromatic rings. The zero-order valence-electron chi connectivity index (χ0n) is 9.66. The van der Waals surface area contributed by atoms with Gasteiger partial charge in [0.15, 0.2) is 0 Å². The lowest BCUT2D eigenvalue weighted by atomic mass is 9.98. The third kappa shape index (κ3) is 3.45. The Hall–Kier alpha value is -0.0900. The van der Waals surface area contributed by atoms with Crippen molar-refractivity contribution in [3.8, 4) is 0 Å². The third-order valence-corrected chi connectivity index (χ3v) is 4.13. The first-order valence-corrected chi connectivity index (χ1v) is 6.94. The number of halogens is 1. The number of hydrogen-bond acceptors (Lipinski definition) is 1. The van der Waals surface area contributed by atoms with Crippen LogP contribution in [0, 0.1) is 0 Å². The minimum Gasteiger partial charge on any atom is -0.367 e. The summed E-state index contributed by atoms with van der Waals surface area (Å²) in [6.07, 6.45) is 1.36. The summed E-state index contributed by atoms with van der Waals surface area (Å²) in [5, 5.41) is 0. The molecule has 15 heavy (non-hydrogen) atoms. The van der Waals surface area contributed by atoms with E-state index in [1.54, 1.807) is 0 Å². The molecule has 0 saturated carbocycles. The van der Waals surface area contributed by atoms with Crippen molar-refractivity contribution in [1.82, 2.24) is 0 Å². The second-order valence-corrected chi connectivity index (χ2v) is 4.83. The molecule has 1 rings (SSSR count). The fraction of sp³-hybridized carbons (Fsp3) is 0.538. The number of ether oxygens (including phenoxy) is 1. The van der Waals surface area contributed by atoms with Gasteiger partial charge in [-0.2, -0.15) is 0 Å². The smallest absolute Gasteiger partial charge is 0.0995 e. The van der Waals surface area contributed by atoms with Gasteiger partial charge in [-0.3, -0.25) is 0 Å². The van der Waals surface area contributed by atoms with Crippen LogP contribution in [-0.2, 0) is 10.3 Å². The highest BCUT2D eigenvalue weighted by Crippen LogP contribution is 2.29. The van der Waals surface area contributed by atoms with Crippen LogP contribution in [0.15, 0.2) is 30.3 Å². The van der Waals surface area contributed by atoms with Gasteiger partial charge in [0.25, 0.3) is 0 Å². The molecule has 2 heteroatoms. The molecular weight excluding hydrogens is 299 g/mol. The van der Waals surface area contributed by atoms with Crippen LogP contribution in [0.3, 0.4) is 0 Å². The largest absolute Gasteiger partial charge is 0.367 e. The van der Waals surface area contributed by atoms with Gasteiger partial charge in [0.1, 0.15) is 0 Å². The van der Waals surface area contributed by atoms with Crippen LogP contribution in [0.1, 0.15) is 32.8 Å². The van der Waals surface area contributed by atoms with Crippen LogP contribution in [0.5, 0.6) is 0 Å². The first-order valence-electron chi connectivity index (χ1n) is 5.41. The highest BCUT2D eigenvalue weighted by atomic mass is 127. The molecule has 84 valence electrons. The molecule has 0 aliphatic carbocycles. The van der Waals surface area contributed by atoms with Crippen LogP contribution in [0.2, 0.25) is 0 Å². The molecule has 0 fully saturated rings. The lowest BCUT2D eigenvalue weighted by Crippen LogP contribution is -2.31. The Balaban J connectivity index is 2.85. The molecule has 0 spiro atoms. The fourth-order valence-corrected chi connectivity index (χ4v) is 2.11. The average molecular weight is 318 g/mol. The average Bonchev–Trinajstić information content (AvgIpc) is 2.30. The summed E-state index contributed by atoms with van der Waals surface area (Å²) in [5.41, 5.74) is 1.11. The van der Waals surface area contributed by atoms with Crippen molar-refractivity contribution in [2.45, 2.75) is 38.9 Å². The first-order chi connectivity index (χ1) is 7.12. The topological polar surface area (TPSA) is 9.23 Å². The van der Waals surface area contributed by atoms with Crippen LogP contribution in [0.25, 0.3) is 0 Å². The summed E-state index contributed by atoms with van der Waals surface area (Å²) in [6, 6.07) is 10.5. The van der Waals surface area contributed by atoms with Gasteiger partial charge in [-0.05, 0) is 25.8 Å². The summed E-state index contributed by atoms with van der Waals surface area (Å²) in [4.78, 5) is 0. The van der Waals surface area contributed by atoms with Crippen LogP contribution >= 0.6 is 22.6 Å². The van der Waals surface area contributed by atoms with E-state index in [-0.39, 0.29) is 5.60 Å². The Bertz CT molecular complexity index is 286. The number of alkyl halides is 1. The zero-order chi connectivity index (χ0) is 11.3. The van der Waals surface area contributed by atoms with E-state index in [2.05, 4.69) is 67.6 Å². The van der Waals surface area contributed by atoms with Gasteiger partial charge in [-0.1, -0.05) is 59.8 Å². The monoisotopic (exact) mass is 318 g/mol. The quantitative estimate of drug-likeness (QED) is 0.585. The van der Waals surface area contributed by atoms with Gasteiger partial charge < -0.3 is 4.74 Å².